The average Bonchev–Trinajstić information content (AvgIpc) is 3.17. The molecule has 0 spiro atoms. The topological polar surface area (TPSA) is 92.9 Å². The molecular formula is C13H11N5O2S. The molecule has 0 fully saturated rings. The van der Waals surface area contributed by atoms with Crippen molar-refractivity contribution in [2.45, 2.75) is 6.54 Å². The number of hydrogen-bond acceptors (Lipinski definition) is 6. The number of anilines is 1. The zero-order valence-corrected chi connectivity index (χ0v) is 11.6. The number of tetrazole rings is 1. The number of thiophene rings is 1. The van der Waals surface area contributed by atoms with Crippen LogP contribution in [0.4, 0.5) is 5.69 Å². The van der Waals surface area contributed by atoms with Crippen LogP contribution in [0.2, 0.25) is 0 Å². The highest BCUT2D eigenvalue weighted by molar-refractivity contribution is 7.10. The quantitative estimate of drug-likeness (QED) is 0.749. The van der Waals surface area contributed by atoms with E-state index in [1.807, 2.05) is 24.3 Å². The van der Waals surface area contributed by atoms with Crippen LogP contribution in [0, 0.1) is 0 Å². The molecule has 1 aromatic carbocycles. The zero-order valence-electron chi connectivity index (χ0n) is 10.8. The molecule has 2 N–H and O–H groups in total. The number of rotatable bonds is 5. The Morgan fingerprint density at radius 2 is 2.14 bits per heavy atom. The second-order valence-electron chi connectivity index (χ2n) is 4.26. The van der Waals surface area contributed by atoms with Crippen molar-refractivity contribution in [2.24, 2.45) is 0 Å². The molecule has 3 aromatic rings. The third-order valence-electron chi connectivity index (χ3n) is 2.85. The molecule has 0 aliphatic heterocycles. The Bertz CT molecular complexity index is 736. The minimum atomic E-state index is -0.900. The van der Waals surface area contributed by atoms with E-state index in [1.54, 1.807) is 16.1 Å². The number of carboxylic acid groups (broad SMARTS) is 1. The lowest BCUT2D eigenvalue weighted by atomic mass is 10.2. The molecule has 0 aliphatic rings. The summed E-state index contributed by atoms with van der Waals surface area (Å²) in [5.74, 6) is -0.900. The van der Waals surface area contributed by atoms with Gasteiger partial charge in [-0.3, -0.25) is 0 Å². The van der Waals surface area contributed by atoms with Crippen LogP contribution in [-0.4, -0.2) is 31.3 Å². The minimum absolute atomic E-state index is 0.325. The monoisotopic (exact) mass is 301 g/mol. The SMILES string of the molecule is O=C(O)c1csc(CNc2ccc(-n3cnnn3)cc2)c1. The summed E-state index contributed by atoms with van der Waals surface area (Å²) in [7, 11) is 0. The van der Waals surface area contributed by atoms with Gasteiger partial charge in [0.25, 0.3) is 0 Å². The highest BCUT2D eigenvalue weighted by Crippen LogP contribution is 2.18. The van der Waals surface area contributed by atoms with Crippen molar-refractivity contribution in [2.75, 3.05) is 5.32 Å². The maximum atomic E-state index is 10.8. The lowest BCUT2D eigenvalue weighted by molar-refractivity contribution is 0.0697. The van der Waals surface area contributed by atoms with Gasteiger partial charge in [-0.05, 0) is 40.8 Å². The Hall–Kier alpha value is -2.74. The first kappa shape index (κ1) is 13.3. The molecule has 0 saturated carbocycles. The van der Waals surface area contributed by atoms with Gasteiger partial charge in [0.15, 0.2) is 0 Å². The lowest BCUT2D eigenvalue weighted by Gasteiger charge is -2.05. The molecule has 8 heteroatoms. The molecule has 0 bridgehead atoms. The number of nitrogens with zero attached hydrogens (tertiary/aromatic N) is 4. The largest absolute Gasteiger partial charge is 0.478 e. The molecule has 0 saturated heterocycles. The van der Waals surface area contributed by atoms with Gasteiger partial charge in [0.1, 0.15) is 6.33 Å². The fraction of sp³-hybridized carbons (Fsp3) is 0.0769. The number of hydrogen-bond donors (Lipinski definition) is 2. The zero-order chi connectivity index (χ0) is 14.7. The van der Waals surface area contributed by atoms with Crippen molar-refractivity contribution in [3.63, 3.8) is 0 Å². The first-order valence-corrected chi connectivity index (χ1v) is 6.98. The standard InChI is InChI=1S/C13H11N5O2S/c19-13(20)9-5-12(21-7-9)6-14-10-1-3-11(4-2-10)18-8-15-16-17-18/h1-5,7-8,14H,6H2,(H,19,20). The van der Waals surface area contributed by atoms with Gasteiger partial charge >= 0.3 is 5.97 Å². The van der Waals surface area contributed by atoms with Crippen LogP contribution in [0.3, 0.4) is 0 Å². The fourth-order valence-corrected chi connectivity index (χ4v) is 2.58. The summed E-state index contributed by atoms with van der Waals surface area (Å²) in [5, 5.41) is 24.7. The van der Waals surface area contributed by atoms with Crippen LogP contribution >= 0.6 is 11.3 Å². The van der Waals surface area contributed by atoms with E-state index in [1.165, 1.54) is 17.7 Å². The van der Waals surface area contributed by atoms with Crippen molar-refractivity contribution >= 4 is 23.0 Å². The van der Waals surface area contributed by atoms with Gasteiger partial charge in [-0.2, -0.15) is 0 Å². The van der Waals surface area contributed by atoms with Crippen molar-refractivity contribution < 1.29 is 9.90 Å². The highest BCUT2D eigenvalue weighted by Gasteiger charge is 2.06. The summed E-state index contributed by atoms with van der Waals surface area (Å²) in [5.41, 5.74) is 2.14. The number of benzene rings is 1. The third kappa shape index (κ3) is 3.06. The van der Waals surface area contributed by atoms with Crippen molar-refractivity contribution in [1.82, 2.24) is 20.2 Å². The van der Waals surface area contributed by atoms with Crippen molar-refractivity contribution in [3.05, 3.63) is 52.5 Å². The molecule has 2 heterocycles. The summed E-state index contributed by atoms with van der Waals surface area (Å²) in [4.78, 5) is 11.8. The predicted octanol–water partition coefficient (Wildman–Crippen LogP) is 2.03. The minimum Gasteiger partial charge on any atom is -0.478 e. The van der Waals surface area contributed by atoms with Crippen molar-refractivity contribution in [3.8, 4) is 5.69 Å². The predicted molar refractivity (Wildman–Crippen MR) is 77.8 cm³/mol. The molecule has 0 amide bonds. The number of nitrogens with one attached hydrogen (secondary N) is 1. The first-order chi connectivity index (χ1) is 10.2. The van der Waals surface area contributed by atoms with Crippen LogP contribution in [-0.2, 0) is 6.54 Å². The highest BCUT2D eigenvalue weighted by atomic mass is 32.1. The normalized spacial score (nSPS) is 10.5. The van der Waals surface area contributed by atoms with E-state index in [0.717, 1.165) is 16.3 Å². The number of carbonyl (C=O) groups is 1. The number of carboxylic acids is 1. The molecule has 21 heavy (non-hydrogen) atoms. The molecule has 0 aliphatic carbocycles. The molecule has 0 unspecified atom stereocenters. The van der Waals surface area contributed by atoms with Gasteiger partial charge in [0, 0.05) is 22.5 Å². The van der Waals surface area contributed by atoms with Gasteiger partial charge in [-0.1, -0.05) is 0 Å². The van der Waals surface area contributed by atoms with Gasteiger partial charge in [-0.25, -0.2) is 9.48 Å². The molecule has 106 valence electrons. The van der Waals surface area contributed by atoms with E-state index in [4.69, 9.17) is 5.11 Å². The molecule has 0 radical (unpaired) electrons. The smallest absolute Gasteiger partial charge is 0.336 e. The van der Waals surface area contributed by atoms with Crippen LogP contribution in [0.15, 0.2) is 42.0 Å². The maximum Gasteiger partial charge on any atom is 0.336 e. The van der Waals surface area contributed by atoms with Crippen LogP contribution < -0.4 is 5.32 Å². The second-order valence-corrected chi connectivity index (χ2v) is 5.26. The molecular weight excluding hydrogens is 290 g/mol. The second kappa shape index (κ2) is 5.71. The number of aromatic carboxylic acids is 1. The number of aromatic nitrogens is 4. The third-order valence-corrected chi connectivity index (χ3v) is 3.79. The van der Waals surface area contributed by atoms with Gasteiger partial charge < -0.3 is 10.4 Å². The van der Waals surface area contributed by atoms with E-state index in [-0.39, 0.29) is 0 Å². The van der Waals surface area contributed by atoms with E-state index in [9.17, 15) is 4.79 Å². The Morgan fingerprint density at radius 3 is 2.76 bits per heavy atom. The summed E-state index contributed by atoms with van der Waals surface area (Å²) >= 11 is 1.42. The molecule has 0 atom stereocenters. The molecule has 2 aromatic heterocycles. The van der Waals surface area contributed by atoms with Crippen molar-refractivity contribution in [1.29, 1.82) is 0 Å². The summed E-state index contributed by atoms with van der Waals surface area (Å²) in [6.07, 6.45) is 1.53. The van der Waals surface area contributed by atoms with E-state index >= 15 is 0 Å². The summed E-state index contributed by atoms with van der Waals surface area (Å²) in [6.45, 7) is 0.585. The van der Waals surface area contributed by atoms with E-state index in [2.05, 4.69) is 20.8 Å². The average molecular weight is 301 g/mol. The van der Waals surface area contributed by atoms with E-state index in [0.29, 0.717) is 12.1 Å². The van der Waals surface area contributed by atoms with Crippen LogP contribution in [0.1, 0.15) is 15.2 Å². The fourth-order valence-electron chi connectivity index (χ4n) is 1.79. The molecule has 3 rings (SSSR count). The van der Waals surface area contributed by atoms with Gasteiger partial charge in [0.2, 0.25) is 0 Å². The van der Waals surface area contributed by atoms with Gasteiger partial charge in [-0.15, -0.1) is 16.4 Å². The Labute approximate surface area is 123 Å². The van der Waals surface area contributed by atoms with Crippen LogP contribution in [0.25, 0.3) is 5.69 Å². The first-order valence-electron chi connectivity index (χ1n) is 6.10. The summed E-state index contributed by atoms with van der Waals surface area (Å²) < 4.78 is 1.57. The Kier molecular flexibility index (Phi) is 3.61. The van der Waals surface area contributed by atoms with Crippen LogP contribution in [0.5, 0.6) is 0 Å². The lowest BCUT2D eigenvalue weighted by Crippen LogP contribution is -1.99. The molecule has 7 nitrogen and oxygen atoms in total. The summed E-state index contributed by atoms with van der Waals surface area (Å²) in [6, 6.07) is 9.31. The Morgan fingerprint density at radius 1 is 1.33 bits per heavy atom. The Balaban J connectivity index is 1.64. The maximum absolute atomic E-state index is 10.8. The van der Waals surface area contributed by atoms with E-state index < -0.39 is 5.97 Å². The van der Waals surface area contributed by atoms with Gasteiger partial charge in [0.05, 0.1) is 11.3 Å².